The van der Waals surface area contributed by atoms with Gasteiger partial charge in [0.25, 0.3) is 0 Å². The maximum atomic E-state index is 10.7. The van der Waals surface area contributed by atoms with Gasteiger partial charge in [0.05, 0.1) is 5.56 Å². The molecule has 2 heteroatoms. The maximum absolute atomic E-state index is 10.7. The van der Waals surface area contributed by atoms with E-state index in [1.54, 1.807) is 0 Å². The summed E-state index contributed by atoms with van der Waals surface area (Å²) in [6.45, 7) is 4.31. The molecule has 1 heterocycles. The van der Waals surface area contributed by atoms with Crippen LogP contribution in [-0.2, 0) is 12.8 Å². The molecule has 0 fully saturated rings. The molecule has 2 aromatic rings. The summed E-state index contributed by atoms with van der Waals surface area (Å²) in [4.78, 5) is 0. The summed E-state index contributed by atoms with van der Waals surface area (Å²) in [6.07, 6.45) is 7.66. The first-order valence-electron chi connectivity index (χ1n) is 9.86. The molecule has 0 spiro atoms. The fourth-order valence-corrected chi connectivity index (χ4v) is 4.51. The van der Waals surface area contributed by atoms with Crippen LogP contribution in [-0.4, -0.2) is 10.7 Å². The number of ether oxygens (including phenoxy) is 1. The highest BCUT2D eigenvalue weighted by Gasteiger charge is 2.38. The van der Waals surface area contributed by atoms with Crippen LogP contribution in [0.1, 0.15) is 62.6 Å². The highest BCUT2D eigenvalue weighted by Crippen LogP contribution is 2.51. The Kier molecular flexibility index (Phi) is 4.52. The van der Waals surface area contributed by atoms with Crippen LogP contribution in [0.5, 0.6) is 11.5 Å². The quantitative estimate of drug-likeness (QED) is 0.665. The number of hydrogen-bond acceptors (Lipinski definition) is 2. The van der Waals surface area contributed by atoms with Crippen molar-refractivity contribution in [2.24, 2.45) is 0 Å². The molecule has 0 aromatic heterocycles. The zero-order valence-corrected chi connectivity index (χ0v) is 15.8. The summed E-state index contributed by atoms with van der Waals surface area (Å²) < 4.78 is 6.31. The number of aryl methyl sites for hydroxylation is 2. The average Bonchev–Trinajstić information content (AvgIpc) is 3.10. The molecule has 1 aliphatic carbocycles. The lowest BCUT2D eigenvalue weighted by molar-refractivity contribution is 0.141. The summed E-state index contributed by atoms with van der Waals surface area (Å²) in [5.74, 6) is 1.26. The van der Waals surface area contributed by atoms with E-state index < -0.39 is 0 Å². The van der Waals surface area contributed by atoms with E-state index in [1.807, 2.05) is 6.07 Å². The van der Waals surface area contributed by atoms with Gasteiger partial charge in [0.15, 0.2) is 0 Å². The van der Waals surface area contributed by atoms with Crippen molar-refractivity contribution in [3.05, 3.63) is 64.7 Å². The number of rotatable bonds is 5. The van der Waals surface area contributed by atoms with Crippen molar-refractivity contribution in [2.75, 3.05) is 0 Å². The van der Waals surface area contributed by atoms with Gasteiger partial charge in [-0.2, -0.15) is 0 Å². The van der Waals surface area contributed by atoms with Crippen LogP contribution in [0.2, 0.25) is 0 Å². The van der Waals surface area contributed by atoms with E-state index >= 15 is 0 Å². The Morgan fingerprint density at radius 2 is 1.69 bits per heavy atom. The Hall–Kier alpha value is -2.22. The summed E-state index contributed by atoms with van der Waals surface area (Å²) in [6, 6.07) is 14.7. The first-order chi connectivity index (χ1) is 12.5. The summed E-state index contributed by atoms with van der Waals surface area (Å²) in [5, 5.41) is 10.7. The number of allylic oxidation sites excluding steroid dienone is 1. The minimum absolute atomic E-state index is 0.253. The Morgan fingerprint density at radius 1 is 0.962 bits per heavy atom. The van der Waals surface area contributed by atoms with Gasteiger partial charge in [0, 0.05) is 0 Å². The highest BCUT2D eigenvalue weighted by molar-refractivity contribution is 5.82. The van der Waals surface area contributed by atoms with E-state index in [0.29, 0.717) is 5.75 Å². The predicted molar refractivity (Wildman–Crippen MR) is 107 cm³/mol. The molecule has 26 heavy (non-hydrogen) atoms. The third-order valence-corrected chi connectivity index (χ3v) is 5.78. The lowest BCUT2D eigenvalue weighted by Crippen LogP contribution is -2.33. The molecule has 1 N–H and O–H groups in total. The molecule has 4 rings (SSSR count). The molecule has 0 amide bonds. The average molecular weight is 348 g/mol. The van der Waals surface area contributed by atoms with Gasteiger partial charge >= 0.3 is 0 Å². The fourth-order valence-electron chi connectivity index (χ4n) is 4.51. The third-order valence-electron chi connectivity index (χ3n) is 5.78. The molecule has 2 aliphatic rings. The molecule has 0 radical (unpaired) electrons. The summed E-state index contributed by atoms with van der Waals surface area (Å²) >= 11 is 0. The van der Waals surface area contributed by atoms with Crippen molar-refractivity contribution < 1.29 is 9.84 Å². The summed E-state index contributed by atoms with van der Waals surface area (Å²) in [7, 11) is 0. The molecule has 0 saturated carbocycles. The van der Waals surface area contributed by atoms with Gasteiger partial charge < -0.3 is 9.84 Å². The van der Waals surface area contributed by atoms with E-state index in [2.05, 4.69) is 50.2 Å². The Balaban J connectivity index is 1.48. The maximum Gasteiger partial charge on any atom is 0.132 e. The van der Waals surface area contributed by atoms with Gasteiger partial charge in [0.1, 0.15) is 17.1 Å². The monoisotopic (exact) mass is 348 g/mol. The highest BCUT2D eigenvalue weighted by atomic mass is 16.5. The molecular weight excluding hydrogens is 320 g/mol. The summed E-state index contributed by atoms with van der Waals surface area (Å²) in [5.41, 5.74) is 5.96. The minimum atomic E-state index is -0.253. The van der Waals surface area contributed by atoms with Crippen LogP contribution < -0.4 is 4.74 Å². The standard InChI is InChI=1S/C24H28O2/c1-24(2)20-14-8-13-19(20)23-21(25)15-18(16-22(23)26-24)12-7-6-11-17-9-4-3-5-10-17/h3-5,9-10,15-16,25H,6-8,11-14H2,1-2H3. The van der Waals surface area contributed by atoms with E-state index in [9.17, 15) is 5.11 Å². The molecule has 0 atom stereocenters. The second-order valence-electron chi connectivity index (χ2n) is 8.10. The van der Waals surface area contributed by atoms with Crippen LogP contribution in [0.3, 0.4) is 0 Å². The second kappa shape index (κ2) is 6.83. The number of phenolic OH excluding ortho intramolecular Hbond substituents is 1. The molecule has 2 nitrogen and oxygen atoms in total. The number of aromatic hydroxyl groups is 1. The van der Waals surface area contributed by atoms with Crippen LogP contribution in [0.15, 0.2) is 48.0 Å². The zero-order chi connectivity index (χ0) is 18.1. The largest absolute Gasteiger partial charge is 0.507 e. The van der Waals surface area contributed by atoms with Crippen molar-refractivity contribution in [1.82, 2.24) is 0 Å². The van der Waals surface area contributed by atoms with Crippen molar-refractivity contribution in [3.8, 4) is 11.5 Å². The van der Waals surface area contributed by atoms with Gasteiger partial charge in [-0.25, -0.2) is 0 Å². The number of benzene rings is 2. The molecule has 136 valence electrons. The first kappa shape index (κ1) is 17.2. The van der Waals surface area contributed by atoms with Crippen LogP contribution >= 0.6 is 0 Å². The fraction of sp³-hybridized carbons (Fsp3) is 0.417. The Morgan fingerprint density at radius 3 is 2.46 bits per heavy atom. The van der Waals surface area contributed by atoms with Gasteiger partial charge in [-0.3, -0.25) is 0 Å². The third kappa shape index (κ3) is 3.25. The number of phenols is 1. The van der Waals surface area contributed by atoms with E-state index in [1.165, 1.54) is 22.3 Å². The second-order valence-corrected chi connectivity index (χ2v) is 8.10. The molecular formula is C24H28O2. The molecule has 0 unspecified atom stereocenters. The Labute approximate surface area is 156 Å². The SMILES string of the molecule is CC1(C)Oc2cc(CCCCc3ccccc3)cc(O)c2C2=C1CCC2. The van der Waals surface area contributed by atoms with Crippen LogP contribution in [0, 0.1) is 0 Å². The van der Waals surface area contributed by atoms with Gasteiger partial charge in [-0.05, 0) is 93.2 Å². The van der Waals surface area contributed by atoms with Crippen LogP contribution in [0.25, 0.3) is 5.57 Å². The van der Waals surface area contributed by atoms with Crippen molar-refractivity contribution in [2.45, 2.75) is 64.4 Å². The number of fused-ring (bicyclic) bond motifs is 2. The van der Waals surface area contributed by atoms with Gasteiger partial charge in [0.2, 0.25) is 0 Å². The smallest absolute Gasteiger partial charge is 0.132 e. The molecule has 0 saturated heterocycles. The Bertz CT molecular complexity index is 831. The van der Waals surface area contributed by atoms with Crippen molar-refractivity contribution in [1.29, 1.82) is 0 Å². The minimum Gasteiger partial charge on any atom is -0.507 e. The van der Waals surface area contributed by atoms with Crippen molar-refractivity contribution in [3.63, 3.8) is 0 Å². The van der Waals surface area contributed by atoms with Gasteiger partial charge in [-0.1, -0.05) is 30.3 Å². The van der Waals surface area contributed by atoms with Crippen molar-refractivity contribution >= 4 is 5.57 Å². The van der Waals surface area contributed by atoms with E-state index in [0.717, 1.165) is 56.3 Å². The van der Waals surface area contributed by atoms with E-state index in [4.69, 9.17) is 4.74 Å². The normalized spacial score (nSPS) is 17.6. The first-order valence-corrected chi connectivity index (χ1v) is 9.86. The predicted octanol–water partition coefficient (Wildman–Crippen LogP) is 6.07. The molecule has 2 aromatic carbocycles. The van der Waals surface area contributed by atoms with Crippen LogP contribution in [0.4, 0.5) is 0 Å². The van der Waals surface area contributed by atoms with Gasteiger partial charge in [-0.15, -0.1) is 0 Å². The molecule has 0 bridgehead atoms. The number of hydrogen-bond donors (Lipinski definition) is 1. The lowest BCUT2D eigenvalue weighted by Gasteiger charge is -2.35. The topological polar surface area (TPSA) is 29.5 Å². The lowest BCUT2D eigenvalue weighted by atomic mass is 9.87. The molecule has 1 aliphatic heterocycles. The zero-order valence-electron chi connectivity index (χ0n) is 15.8. The van der Waals surface area contributed by atoms with E-state index in [-0.39, 0.29) is 5.60 Å². The number of unbranched alkanes of at least 4 members (excludes halogenated alkanes) is 1.